The molecule has 0 radical (unpaired) electrons. The van der Waals surface area contributed by atoms with E-state index in [2.05, 4.69) is 0 Å². The number of carbonyl (C=O) groups excluding carboxylic acids is 2. The van der Waals surface area contributed by atoms with Gasteiger partial charge in [-0.3, -0.25) is 9.59 Å². The van der Waals surface area contributed by atoms with Crippen molar-refractivity contribution in [3.05, 3.63) is 30.1 Å². The SMILES string of the molecule is O=C(CN1CCSC1=O)N1CCCN(S(=O)(=O)c2ccc(F)cc2)CC1. The Morgan fingerprint density at radius 1 is 1.08 bits per heavy atom. The van der Waals surface area contributed by atoms with E-state index in [1.807, 2.05) is 0 Å². The third-order valence-corrected chi connectivity index (χ3v) is 7.23. The molecule has 0 atom stereocenters. The number of thioether (sulfide) groups is 1. The second kappa shape index (κ2) is 7.93. The van der Waals surface area contributed by atoms with Gasteiger partial charge in [0, 0.05) is 38.5 Å². The molecule has 2 aliphatic rings. The summed E-state index contributed by atoms with van der Waals surface area (Å²) in [5.74, 6) is 0.0311. The number of hydrogen-bond acceptors (Lipinski definition) is 5. The molecule has 0 unspecified atom stereocenters. The van der Waals surface area contributed by atoms with Crippen molar-refractivity contribution >= 4 is 32.9 Å². The molecule has 2 heterocycles. The maximum absolute atomic E-state index is 13.0. The van der Waals surface area contributed by atoms with E-state index in [0.717, 1.165) is 12.1 Å². The molecule has 142 valence electrons. The molecule has 0 spiro atoms. The summed E-state index contributed by atoms with van der Waals surface area (Å²) in [6, 6.07) is 4.72. The van der Waals surface area contributed by atoms with Crippen LogP contribution in [0.25, 0.3) is 0 Å². The molecule has 1 aromatic carbocycles. The van der Waals surface area contributed by atoms with Crippen molar-refractivity contribution in [1.29, 1.82) is 0 Å². The van der Waals surface area contributed by atoms with Crippen LogP contribution in [0.2, 0.25) is 0 Å². The van der Waals surface area contributed by atoms with E-state index in [1.165, 1.54) is 33.1 Å². The van der Waals surface area contributed by atoms with Crippen LogP contribution in [0.4, 0.5) is 9.18 Å². The maximum Gasteiger partial charge on any atom is 0.282 e. The van der Waals surface area contributed by atoms with Crippen molar-refractivity contribution in [3.8, 4) is 0 Å². The summed E-state index contributed by atoms with van der Waals surface area (Å²) >= 11 is 1.20. The molecule has 26 heavy (non-hydrogen) atoms. The molecule has 10 heteroatoms. The molecular formula is C16H20FN3O4S2. The van der Waals surface area contributed by atoms with Crippen molar-refractivity contribution in [1.82, 2.24) is 14.1 Å². The van der Waals surface area contributed by atoms with Crippen molar-refractivity contribution in [2.45, 2.75) is 11.3 Å². The Hall–Kier alpha value is -1.65. The van der Waals surface area contributed by atoms with Gasteiger partial charge in [0.15, 0.2) is 0 Å². The highest BCUT2D eigenvalue weighted by Gasteiger charge is 2.30. The van der Waals surface area contributed by atoms with Gasteiger partial charge in [0.05, 0.1) is 4.90 Å². The molecule has 2 saturated heterocycles. The minimum absolute atomic E-state index is 0.0382. The third kappa shape index (κ3) is 4.18. The number of carbonyl (C=O) groups is 2. The first-order chi connectivity index (χ1) is 12.4. The molecule has 0 bridgehead atoms. The van der Waals surface area contributed by atoms with Gasteiger partial charge in [-0.25, -0.2) is 12.8 Å². The second-order valence-corrected chi connectivity index (χ2v) is 9.11. The monoisotopic (exact) mass is 401 g/mol. The molecule has 0 aliphatic carbocycles. The molecular weight excluding hydrogens is 381 g/mol. The number of nitrogens with zero attached hydrogens (tertiary/aromatic N) is 3. The third-order valence-electron chi connectivity index (χ3n) is 4.43. The molecule has 2 aliphatic heterocycles. The summed E-state index contributed by atoms with van der Waals surface area (Å²) in [4.78, 5) is 27.2. The van der Waals surface area contributed by atoms with Crippen LogP contribution >= 0.6 is 11.8 Å². The van der Waals surface area contributed by atoms with Gasteiger partial charge in [-0.2, -0.15) is 4.31 Å². The molecule has 7 nitrogen and oxygen atoms in total. The van der Waals surface area contributed by atoms with E-state index < -0.39 is 15.8 Å². The predicted molar refractivity (Wildman–Crippen MR) is 95.8 cm³/mol. The standard InChI is InChI=1S/C16H20FN3O4S2/c17-13-2-4-14(5-3-13)26(23,24)20-7-1-6-18(8-9-20)15(21)12-19-10-11-25-16(19)22/h2-5H,1,6-12H2. The normalized spacial score (nSPS) is 19.7. The minimum Gasteiger partial charge on any atom is -0.340 e. The summed E-state index contributed by atoms with van der Waals surface area (Å²) in [7, 11) is -3.72. The zero-order valence-electron chi connectivity index (χ0n) is 14.1. The average Bonchev–Trinajstić information content (AvgIpc) is 2.86. The summed E-state index contributed by atoms with van der Waals surface area (Å²) in [5, 5.41) is -0.0892. The maximum atomic E-state index is 13.0. The quantitative estimate of drug-likeness (QED) is 0.758. The van der Waals surface area contributed by atoms with Gasteiger partial charge in [-0.05, 0) is 30.7 Å². The van der Waals surface area contributed by atoms with E-state index in [9.17, 15) is 22.4 Å². The van der Waals surface area contributed by atoms with Crippen LogP contribution in [-0.4, -0.2) is 78.7 Å². The van der Waals surface area contributed by atoms with Gasteiger partial charge in [-0.15, -0.1) is 0 Å². The Bertz CT molecular complexity index is 785. The zero-order valence-corrected chi connectivity index (χ0v) is 15.8. The minimum atomic E-state index is -3.72. The van der Waals surface area contributed by atoms with Gasteiger partial charge >= 0.3 is 0 Å². The van der Waals surface area contributed by atoms with E-state index >= 15 is 0 Å². The lowest BCUT2D eigenvalue weighted by molar-refractivity contribution is -0.131. The molecule has 0 aromatic heterocycles. The first kappa shape index (κ1) is 19.1. The number of halogens is 1. The first-order valence-electron chi connectivity index (χ1n) is 8.33. The fourth-order valence-corrected chi connectivity index (χ4v) is 5.27. The zero-order chi connectivity index (χ0) is 18.7. The highest BCUT2D eigenvalue weighted by molar-refractivity contribution is 8.13. The number of hydrogen-bond donors (Lipinski definition) is 0. The molecule has 2 fully saturated rings. The molecule has 0 N–H and O–H groups in total. The number of amides is 2. The summed E-state index contributed by atoms with van der Waals surface area (Å²) in [6.45, 7) is 1.79. The van der Waals surface area contributed by atoms with Crippen LogP contribution in [0.5, 0.6) is 0 Å². The van der Waals surface area contributed by atoms with Gasteiger partial charge in [-0.1, -0.05) is 11.8 Å². The van der Waals surface area contributed by atoms with E-state index in [1.54, 1.807) is 4.90 Å². The van der Waals surface area contributed by atoms with E-state index in [0.29, 0.717) is 31.8 Å². The summed E-state index contributed by atoms with van der Waals surface area (Å²) in [5.41, 5.74) is 0. The van der Waals surface area contributed by atoms with Crippen molar-refractivity contribution in [2.75, 3.05) is 45.0 Å². The second-order valence-electron chi connectivity index (χ2n) is 6.13. The van der Waals surface area contributed by atoms with E-state index in [4.69, 9.17) is 0 Å². The lowest BCUT2D eigenvalue weighted by Gasteiger charge is -2.24. The lowest BCUT2D eigenvalue weighted by atomic mass is 10.3. The van der Waals surface area contributed by atoms with Crippen molar-refractivity contribution < 1.29 is 22.4 Å². The van der Waals surface area contributed by atoms with Crippen LogP contribution < -0.4 is 0 Å². The van der Waals surface area contributed by atoms with Crippen LogP contribution in [0.1, 0.15) is 6.42 Å². The van der Waals surface area contributed by atoms with Gasteiger partial charge in [0.1, 0.15) is 12.4 Å². The van der Waals surface area contributed by atoms with Crippen molar-refractivity contribution in [2.24, 2.45) is 0 Å². The number of rotatable bonds is 4. The topological polar surface area (TPSA) is 78.0 Å². The smallest absolute Gasteiger partial charge is 0.282 e. The lowest BCUT2D eigenvalue weighted by Crippen LogP contribution is -2.42. The summed E-state index contributed by atoms with van der Waals surface area (Å²) < 4.78 is 39.7. The first-order valence-corrected chi connectivity index (χ1v) is 10.8. The molecule has 2 amide bonds. The van der Waals surface area contributed by atoms with E-state index in [-0.39, 0.29) is 35.7 Å². The fourth-order valence-electron chi connectivity index (χ4n) is 2.97. The Kier molecular flexibility index (Phi) is 5.83. The number of sulfonamides is 1. The Morgan fingerprint density at radius 3 is 2.46 bits per heavy atom. The van der Waals surface area contributed by atoms with Gasteiger partial charge in [0.25, 0.3) is 5.24 Å². The Labute approximate surface area is 156 Å². The van der Waals surface area contributed by atoms with Gasteiger partial charge in [0.2, 0.25) is 15.9 Å². The average molecular weight is 401 g/mol. The van der Waals surface area contributed by atoms with Gasteiger partial charge < -0.3 is 9.80 Å². The highest BCUT2D eigenvalue weighted by atomic mass is 32.2. The fraction of sp³-hybridized carbons (Fsp3) is 0.500. The predicted octanol–water partition coefficient (Wildman–Crippen LogP) is 1.22. The van der Waals surface area contributed by atoms with Crippen molar-refractivity contribution in [3.63, 3.8) is 0 Å². The summed E-state index contributed by atoms with van der Waals surface area (Å²) in [6.07, 6.45) is 0.509. The van der Waals surface area contributed by atoms with Crippen LogP contribution in [-0.2, 0) is 14.8 Å². The largest absolute Gasteiger partial charge is 0.340 e. The van der Waals surface area contributed by atoms with Crippen LogP contribution in [0.3, 0.4) is 0 Å². The number of benzene rings is 1. The van der Waals surface area contributed by atoms with Crippen LogP contribution in [0, 0.1) is 5.82 Å². The molecule has 3 rings (SSSR count). The molecule has 1 aromatic rings. The highest BCUT2D eigenvalue weighted by Crippen LogP contribution is 2.19. The Balaban J connectivity index is 1.63. The van der Waals surface area contributed by atoms with Crippen LogP contribution in [0.15, 0.2) is 29.2 Å². The Morgan fingerprint density at radius 2 is 1.81 bits per heavy atom. The molecule has 0 saturated carbocycles.